The van der Waals surface area contributed by atoms with Gasteiger partial charge in [-0.3, -0.25) is 4.79 Å². The average molecular weight is 501 g/mol. The summed E-state index contributed by atoms with van der Waals surface area (Å²) in [5.74, 6) is -1.09. The zero-order valence-corrected chi connectivity index (χ0v) is 20.8. The molecule has 1 aliphatic heterocycles. The molecular weight excluding hydrogens is 468 g/mol. The van der Waals surface area contributed by atoms with Gasteiger partial charge in [0.05, 0.1) is 17.0 Å². The van der Waals surface area contributed by atoms with E-state index in [1.54, 1.807) is 42.5 Å². The minimum atomic E-state index is -4.00. The molecule has 1 aliphatic carbocycles. The zero-order valence-electron chi connectivity index (χ0n) is 20.0. The molecule has 188 valence electrons. The molecule has 1 amide bonds. The van der Waals surface area contributed by atoms with Crippen molar-refractivity contribution in [3.05, 3.63) is 65.7 Å². The van der Waals surface area contributed by atoms with Crippen LogP contribution in [0.5, 0.6) is 0 Å². The van der Waals surface area contributed by atoms with E-state index in [2.05, 4.69) is 10.0 Å². The molecule has 9 heteroatoms. The summed E-state index contributed by atoms with van der Waals surface area (Å²) >= 11 is 0. The largest absolute Gasteiger partial charge is 0.449 e. The van der Waals surface area contributed by atoms with Crippen LogP contribution in [-0.2, 0) is 29.1 Å². The highest BCUT2D eigenvalue weighted by Crippen LogP contribution is 2.32. The molecule has 2 aromatic carbocycles. The molecule has 1 saturated heterocycles. The van der Waals surface area contributed by atoms with Gasteiger partial charge in [-0.25, -0.2) is 13.2 Å². The van der Waals surface area contributed by atoms with Crippen LogP contribution in [0.25, 0.3) is 0 Å². The number of ether oxygens (including phenoxy) is 2. The first-order valence-corrected chi connectivity index (χ1v) is 13.5. The van der Waals surface area contributed by atoms with Crippen LogP contribution in [0.2, 0.25) is 0 Å². The second kappa shape index (κ2) is 10.9. The molecule has 35 heavy (non-hydrogen) atoms. The molecule has 0 aromatic heterocycles. The third-order valence-electron chi connectivity index (χ3n) is 6.72. The van der Waals surface area contributed by atoms with Crippen LogP contribution in [-0.4, -0.2) is 45.2 Å². The number of carbonyl (C=O) groups excluding carboxylic acids is 2. The lowest BCUT2D eigenvalue weighted by molar-refractivity contribution is -0.170. The molecule has 2 aromatic rings. The lowest BCUT2D eigenvalue weighted by Gasteiger charge is -2.38. The molecule has 3 atom stereocenters. The Bertz CT molecular complexity index is 1130. The molecule has 0 spiro atoms. The quantitative estimate of drug-likeness (QED) is 0.539. The Hall–Kier alpha value is -2.75. The summed E-state index contributed by atoms with van der Waals surface area (Å²) in [6.07, 6.45) is 1.99. The van der Waals surface area contributed by atoms with E-state index >= 15 is 0 Å². The van der Waals surface area contributed by atoms with Gasteiger partial charge in [0.25, 0.3) is 5.91 Å². The molecule has 0 radical (unpaired) electrons. The fraction of sp³-hybridized carbons (Fsp3) is 0.462. The standard InChI is InChI=1S/C26H32N2O6S/c1-3-33-20-13-11-19(12-14-20)23-26(30)34-24(25(29)27-23)22(18-7-5-4-6-8-18)28-35(31,32)21-15-9-17(2)10-16-21/h4-10,15-16,19-20,22-24,28H,3,11-14H2,1-2H3,(H,27,29). The Morgan fingerprint density at radius 2 is 1.69 bits per heavy atom. The van der Waals surface area contributed by atoms with Crippen molar-refractivity contribution in [2.75, 3.05) is 6.61 Å². The molecule has 1 saturated carbocycles. The SMILES string of the molecule is CCOC1CCC(C2NC(=O)C(C(NS(=O)(=O)c3ccc(C)cc3)c3ccccc3)OC2=O)CC1. The molecule has 0 bridgehead atoms. The maximum absolute atomic E-state index is 13.2. The second-order valence-electron chi connectivity index (χ2n) is 9.16. The van der Waals surface area contributed by atoms with Crippen LogP contribution in [0.3, 0.4) is 0 Å². The minimum absolute atomic E-state index is 0.0384. The van der Waals surface area contributed by atoms with Crippen molar-refractivity contribution < 1.29 is 27.5 Å². The Morgan fingerprint density at radius 3 is 2.31 bits per heavy atom. The number of carbonyl (C=O) groups is 2. The fourth-order valence-electron chi connectivity index (χ4n) is 4.82. The Kier molecular flexibility index (Phi) is 7.88. The van der Waals surface area contributed by atoms with Gasteiger partial charge in [0.15, 0.2) is 0 Å². The molecular formula is C26H32N2O6S. The van der Waals surface area contributed by atoms with Gasteiger partial charge in [0.2, 0.25) is 16.1 Å². The summed E-state index contributed by atoms with van der Waals surface area (Å²) in [5.41, 5.74) is 1.44. The fourth-order valence-corrected chi connectivity index (χ4v) is 6.04. The summed E-state index contributed by atoms with van der Waals surface area (Å²) < 4.78 is 40.2. The first kappa shape index (κ1) is 25.3. The van der Waals surface area contributed by atoms with Crippen molar-refractivity contribution in [3.8, 4) is 0 Å². The first-order valence-electron chi connectivity index (χ1n) is 12.0. The van der Waals surface area contributed by atoms with Crippen LogP contribution in [0.1, 0.15) is 49.8 Å². The highest BCUT2D eigenvalue weighted by molar-refractivity contribution is 7.89. The van der Waals surface area contributed by atoms with E-state index in [1.165, 1.54) is 12.1 Å². The van der Waals surface area contributed by atoms with E-state index in [-0.39, 0.29) is 16.9 Å². The third-order valence-corrected chi connectivity index (χ3v) is 8.18. The minimum Gasteiger partial charge on any atom is -0.449 e. The molecule has 2 aliphatic rings. The lowest BCUT2D eigenvalue weighted by atomic mass is 9.81. The second-order valence-corrected chi connectivity index (χ2v) is 10.9. The van der Waals surface area contributed by atoms with Gasteiger partial charge in [0, 0.05) is 6.61 Å². The summed E-state index contributed by atoms with van der Waals surface area (Å²) in [6.45, 7) is 4.47. The van der Waals surface area contributed by atoms with E-state index in [0.717, 1.165) is 31.2 Å². The van der Waals surface area contributed by atoms with Crippen molar-refractivity contribution >= 4 is 21.9 Å². The predicted molar refractivity (Wildman–Crippen MR) is 130 cm³/mol. The normalized spacial score (nSPS) is 26.0. The summed E-state index contributed by atoms with van der Waals surface area (Å²) in [4.78, 5) is 26.3. The molecule has 1 heterocycles. The van der Waals surface area contributed by atoms with E-state index in [9.17, 15) is 18.0 Å². The topological polar surface area (TPSA) is 111 Å². The maximum Gasteiger partial charge on any atom is 0.329 e. The number of esters is 1. The van der Waals surface area contributed by atoms with Gasteiger partial charge >= 0.3 is 5.97 Å². The lowest BCUT2D eigenvalue weighted by Crippen LogP contribution is -2.60. The van der Waals surface area contributed by atoms with E-state index < -0.39 is 40.1 Å². The third kappa shape index (κ3) is 5.91. The molecule has 2 N–H and O–H groups in total. The van der Waals surface area contributed by atoms with Crippen molar-refractivity contribution in [2.24, 2.45) is 5.92 Å². The Morgan fingerprint density at radius 1 is 1.03 bits per heavy atom. The highest BCUT2D eigenvalue weighted by Gasteiger charge is 2.45. The molecule has 3 unspecified atom stereocenters. The monoisotopic (exact) mass is 500 g/mol. The van der Waals surface area contributed by atoms with Crippen molar-refractivity contribution in [1.29, 1.82) is 0 Å². The summed E-state index contributed by atoms with van der Waals surface area (Å²) in [6, 6.07) is 13.2. The number of sulfonamides is 1. The van der Waals surface area contributed by atoms with Gasteiger partial charge in [-0.15, -0.1) is 0 Å². The maximum atomic E-state index is 13.2. The van der Waals surface area contributed by atoms with Gasteiger partial charge in [-0.1, -0.05) is 48.0 Å². The molecule has 2 fully saturated rings. The van der Waals surface area contributed by atoms with Crippen LogP contribution in [0.4, 0.5) is 0 Å². The van der Waals surface area contributed by atoms with E-state index in [0.29, 0.717) is 12.2 Å². The average Bonchev–Trinajstić information content (AvgIpc) is 2.85. The highest BCUT2D eigenvalue weighted by atomic mass is 32.2. The number of amides is 1. The van der Waals surface area contributed by atoms with Crippen molar-refractivity contribution in [2.45, 2.75) is 68.7 Å². The van der Waals surface area contributed by atoms with E-state index in [4.69, 9.17) is 9.47 Å². The number of hydrogen-bond donors (Lipinski definition) is 2. The predicted octanol–water partition coefficient (Wildman–Crippen LogP) is 3.02. The number of rotatable bonds is 8. The number of benzene rings is 2. The molecule has 8 nitrogen and oxygen atoms in total. The van der Waals surface area contributed by atoms with Gasteiger partial charge in [-0.2, -0.15) is 4.72 Å². The van der Waals surface area contributed by atoms with Crippen LogP contribution < -0.4 is 10.0 Å². The van der Waals surface area contributed by atoms with Crippen molar-refractivity contribution in [3.63, 3.8) is 0 Å². The Labute approximate surface area is 206 Å². The smallest absolute Gasteiger partial charge is 0.329 e. The number of morpholine rings is 1. The van der Waals surface area contributed by atoms with Crippen LogP contribution in [0.15, 0.2) is 59.5 Å². The summed E-state index contributed by atoms with van der Waals surface area (Å²) in [7, 11) is -4.00. The Balaban J connectivity index is 1.53. The van der Waals surface area contributed by atoms with Gasteiger partial charge in [-0.05, 0) is 63.1 Å². The molecule has 4 rings (SSSR count). The number of cyclic esters (lactones) is 1. The van der Waals surface area contributed by atoms with Gasteiger partial charge in [0.1, 0.15) is 6.04 Å². The van der Waals surface area contributed by atoms with Gasteiger partial charge < -0.3 is 14.8 Å². The number of nitrogens with one attached hydrogen (secondary N) is 2. The van der Waals surface area contributed by atoms with E-state index in [1.807, 2.05) is 13.8 Å². The van der Waals surface area contributed by atoms with Crippen molar-refractivity contribution in [1.82, 2.24) is 10.0 Å². The number of aryl methyl sites for hydroxylation is 1. The number of hydrogen-bond acceptors (Lipinski definition) is 6. The van der Waals surface area contributed by atoms with Crippen LogP contribution in [0, 0.1) is 12.8 Å². The zero-order chi connectivity index (χ0) is 25.0. The summed E-state index contributed by atoms with van der Waals surface area (Å²) in [5, 5.41) is 2.83. The van der Waals surface area contributed by atoms with Crippen LogP contribution >= 0.6 is 0 Å². The first-order chi connectivity index (χ1) is 16.8.